The number of hydrogen-bond donors (Lipinski definition) is 2. The zero-order chi connectivity index (χ0) is 25.4. The van der Waals surface area contributed by atoms with Crippen LogP contribution in [0.2, 0.25) is 0 Å². The van der Waals surface area contributed by atoms with Gasteiger partial charge in [-0.15, -0.1) is 0 Å². The summed E-state index contributed by atoms with van der Waals surface area (Å²) in [6.07, 6.45) is 7.08. The van der Waals surface area contributed by atoms with Crippen LogP contribution in [0.4, 0.5) is 8.78 Å². The number of aromatic amines is 1. The highest BCUT2D eigenvalue weighted by atomic mass is 19.1. The maximum Gasteiger partial charge on any atom is 0.287 e. The van der Waals surface area contributed by atoms with Crippen LogP contribution in [0.1, 0.15) is 64.3 Å². The number of nitrogens with zero attached hydrogens (tertiary/aromatic N) is 4. The standard InChI is InChI=1S/C26H26F2N6O2/c1-15(2)21-11-30-24(31-21)25(35)32-22-13-33(7-5-19(22)16-8-17(27)10-18(28)9-16)26(36)20-4-3-6-34-14-29-12-23(20)34/h3-4,6,8-12,14-15,19,22H,5,7,13H2,1-2H3,(H,30,31)(H,32,35)/t19-,22+/m0/s1. The summed E-state index contributed by atoms with van der Waals surface area (Å²) in [5.41, 5.74) is 2.42. The molecule has 1 aliphatic rings. The summed E-state index contributed by atoms with van der Waals surface area (Å²) in [6.45, 7) is 4.49. The number of hydrogen-bond acceptors (Lipinski definition) is 4. The van der Waals surface area contributed by atoms with Crippen LogP contribution in [0.25, 0.3) is 5.52 Å². The third kappa shape index (κ3) is 4.58. The summed E-state index contributed by atoms with van der Waals surface area (Å²) in [7, 11) is 0. The Morgan fingerprint density at radius 3 is 2.67 bits per heavy atom. The van der Waals surface area contributed by atoms with E-state index in [4.69, 9.17) is 0 Å². The van der Waals surface area contributed by atoms with Crippen molar-refractivity contribution in [2.24, 2.45) is 0 Å². The smallest absolute Gasteiger partial charge is 0.287 e. The number of fused-ring (bicyclic) bond motifs is 1. The highest BCUT2D eigenvalue weighted by Crippen LogP contribution is 2.31. The normalized spacial score (nSPS) is 18.1. The van der Waals surface area contributed by atoms with Gasteiger partial charge in [-0.25, -0.2) is 18.7 Å². The summed E-state index contributed by atoms with van der Waals surface area (Å²) in [4.78, 5) is 39.5. The number of piperidine rings is 1. The number of H-pyrrole nitrogens is 1. The van der Waals surface area contributed by atoms with E-state index >= 15 is 0 Å². The molecule has 36 heavy (non-hydrogen) atoms. The van der Waals surface area contributed by atoms with Crippen molar-refractivity contribution < 1.29 is 18.4 Å². The molecule has 0 radical (unpaired) electrons. The van der Waals surface area contributed by atoms with Gasteiger partial charge in [0.2, 0.25) is 0 Å². The van der Waals surface area contributed by atoms with Crippen LogP contribution in [0.15, 0.2) is 55.2 Å². The topological polar surface area (TPSA) is 95.4 Å². The number of imidazole rings is 2. The van der Waals surface area contributed by atoms with Gasteiger partial charge in [-0.05, 0) is 42.2 Å². The fraction of sp³-hybridized carbons (Fsp3) is 0.308. The van der Waals surface area contributed by atoms with Crippen LogP contribution in [-0.4, -0.2) is 55.2 Å². The molecule has 0 unspecified atom stereocenters. The Morgan fingerprint density at radius 2 is 1.94 bits per heavy atom. The molecular weight excluding hydrogens is 466 g/mol. The summed E-state index contributed by atoms with van der Waals surface area (Å²) in [5, 5.41) is 2.95. The average molecular weight is 493 g/mol. The van der Waals surface area contributed by atoms with Gasteiger partial charge in [0.05, 0.1) is 29.6 Å². The van der Waals surface area contributed by atoms with E-state index in [-0.39, 0.29) is 24.2 Å². The Morgan fingerprint density at radius 1 is 1.17 bits per heavy atom. The second kappa shape index (κ2) is 9.52. The second-order valence-electron chi connectivity index (χ2n) is 9.38. The number of halogens is 2. The zero-order valence-electron chi connectivity index (χ0n) is 19.9. The van der Waals surface area contributed by atoms with Gasteiger partial charge in [0.15, 0.2) is 5.82 Å². The van der Waals surface area contributed by atoms with Gasteiger partial charge >= 0.3 is 0 Å². The van der Waals surface area contributed by atoms with Gasteiger partial charge in [-0.2, -0.15) is 0 Å². The molecule has 10 heteroatoms. The van der Waals surface area contributed by atoms with Crippen molar-refractivity contribution in [2.75, 3.05) is 13.1 Å². The molecule has 0 aliphatic carbocycles. The minimum Gasteiger partial charge on any atom is -0.344 e. The van der Waals surface area contributed by atoms with Crippen LogP contribution < -0.4 is 5.32 Å². The highest BCUT2D eigenvalue weighted by Gasteiger charge is 2.35. The number of nitrogens with one attached hydrogen (secondary N) is 2. The van der Waals surface area contributed by atoms with Gasteiger partial charge in [-0.3, -0.25) is 9.59 Å². The van der Waals surface area contributed by atoms with Crippen LogP contribution in [0.5, 0.6) is 0 Å². The maximum atomic E-state index is 14.0. The van der Waals surface area contributed by atoms with E-state index in [1.165, 1.54) is 12.1 Å². The number of aromatic nitrogens is 4. The monoisotopic (exact) mass is 492 g/mol. The molecule has 0 bridgehead atoms. The lowest BCUT2D eigenvalue weighted by atomic mass is 9.84. The maximum absolute atomic E-state index is 14.0. The molecule has 0 saturated carbocycles. The first-order valence-corrected chi connectivity index (χ1v) is 11.8. The minimum absolute atomic E-state index is 0.148. The van der Waals surface area contributed by atoms with Crippen molar-refractivity contribution in [2.45, 2.75) is 38.1 Å². The first-order chi connectivity index (χ1) is 17.3. The molecule has 1 aromatic carbocycles. The van der Waals surface area contributed by atoms with Crippen molar-refractivity contribution in [3.63, 3.8) is 0 Å². The Labute approximate surface area is 206 Å². The lowest BCUT2D eigenvalue weighted by Crippen LogP contribution is -2.53. The van der Waals surface area contributed by atoms with E-state index in [9.17, 15) is 18.4 Å². The summed E-state index contributed by atoms with van der Waals surface area (Å²) in [5.74, 6) is -2.10. The predicted octanol–water partition coefficient (Wildman–Crippen LogP) is 3.89. The van der Waals surface area contributed by atoms with Crippen LogP contribution in [0, 0.1) is 11.6 Å². The molecule has 1 fully saturated rings. The number of rotatable bonds is 5. The van der Waals surface area contributed by atoms with Crippen molar-refractivity contribution >= 4 is 17.3 Å². The number of carbonyl (C=O) groups excluding carboxylic acids is 2. The van der Waals surface area contributed by atoms with Gasteiger partial charge in [-0.1, -0.05) is 13.8 Å². The van der Waals surface area contributed by atoms with Gasteiger partial charge in [0, 0.05) is 43.2 Å². The van der Waals surface area contributed by atoms with E-state index in [0.717, 1.165) is 11.8 Å². The fourth-order valence-corrected chi connectivity index (χ4v) is 4.75. The SMILES string of the molecule is CC(C)c1cnc(C(=O)N[C@@H]2CN(C(=O)c3cccn4cncc34)CC[C@H]2c2cc(F)cc(F)c2)[nH]1. The van der Waals surface area contributed by atoms with Crippen molar-refractivity contribution in [3.05, 3.63) is 89.5 Å². The lowest BCUT2D eigenvalue weighted by molar-refractivity contribution is 0.0655. The third-order valence-electron chi connectivity index (χ3n) is 6.64. The van der Waals surface area contributed by atoms with Gasteiger partial charge < -0.3 is 19.6 Å². The summed E-state index contributed by atoms with van der Waals surface area (Å²) >= 11 is 0. The van der Waals surface area contributed by atoms with E-state index in [1.54, 1.807) is 40.2 Å². The van der Waals surface area contributed by atoms with Crippen molar-refractivity contribution in [3.8, 4) is 0 Å². The second-order valence-corrected chi connectivity index (χ2v) is 9.38. The molecule has 4 heterocycles. The van der Waals surface area contributed by atoms with Crippen LogP contribution in [0.3, 0.4) is 0 Å². The number of likely N-dealkylation sites (tertiary alicyclic amines) is 1. The third-order valence-corrected chi connectivity index (χ3v) is 6.64. The Balaban J connectivity index is 1.44. The number of benzene rings is 1. The first-order valence-electron chi connectivity index (χ1n) is 11.8. The molecule has 3 aromatic heterocycles. The Hall–Kier alpha value is -4.08. The van der Waals surface area contributed by atoms with E-state index < -0.39 is 29.5 Å². The molecule has 186 valence electrons. The first kappa shape index (κ1) is 23.7. The van der Waals surface area contributed by atoms with E-state index in [0.29, 0.717) is 29.6 Å². The Kier molecular flexibility index (Phi) is 6.26. The predicted molar refractivity (Wildman–Crippen MR) is 129 cm³/mol. The molecule has 2 atom stereocenters. The lowest BCUT2D eigenvalue weighted by Gasteiger charge is -2.39. The fourth-order valence-electron chi connectivity index (χ4n) is 4.75. The molecular formula is C26H26F2N6O2. The van der Waals surface area contributed by atoms with Crippen LogP contribution in [-0.2, 0) is 0 Å². The Bertz CT molecular complexity index is 1410. The highest BCUT2D eigenvalue weighted by molar-refractivity contribution is 6.00. The van der Waals surface area contributed by atoms with Crippen molar-refractivity contribution in [1.29, 1.82) is 0 Å². The van der Waals surface area contributed by atoms with E-state index in [1.807, 2.05) is 20.0 Å². The largest absolute Gasteiger partial charge is 0.344 e. The number of carbonyl (C=O) groups is 2. The zero-order valence-corrected chi connectivity index (χ0v) is 19.9. The molecule has 2 N–H and O–H groups in total. The minimum atomic E-state index is -0.686. The summed E-state index contributed by atoms with van der Waals surface area (Å²) < 4.78 is 29.9. The van der Waals surface area contributed by atoms with E-state index in [2.05, 4.69) is 20.3 Å². The summed E-state index contributed by atoms with van der Waals surface area (Å²) in [6, 6.07) is 6.29. The quantitative estimate of drug-likeness (QED) is 0.442. The van der Waals surface area contributed by atoms with Crippen LogP contribution >= 0.6 is 0 Å². The van der Waals surface area contributed by atoms with Gasteiger partial charge in [0.25, 0.3) is 11.8 Å². The molecule has 1 aliphatic heterocycles. The molecule has 0 spiro atoms. The van der Waals surface area contributed by atoms with Gasteiger partial charge in [0.1, 0.15) is 11.6 Å². The number of pyridine rings is 1. The molecule has 1 saturated heterocycles. The number of amides is 2. The molecule has 5 rings (SSSR count). The molecule has 4 aromatic rings. The average Bonchev–Trinajstić information content (AvgIpc) is 3.53. The van der Waals surface area contributed by atoms with Crippen molar-refractivity contribution in [1.82, 2.24) is 29.6 Å². The molecule has 2 amide bonds. The molecule has 8 nitrogen and oxygen atoms in total.